The minimum Gasteiger partial charge on any atom is -0.478 e. The van der Waals surface area contributed by atoms with Gasteiger partial charge in [-0.1, -0.05) is 26.0 Å². The summed E-state index contributed by atoms with van der Waals surface area (Å²) in [4.78, 5) is 38.5. The monoisotopic (exact) mass is 567 g/mol. The van der Waals surface area contributed by atoms with Crippen molar-refractivity contribution in [3.8, 4) is 5.75 Å². The highest BCUT2D eigenvalue weighted by molar-refractivity contribution is 5.88. The van der Waals surface area contributed by atoms with Crippen LogP contribution in [0.25, 0.3) is 0 Å². The van der Waals surface area contributed by atoms with Crippen LogP contribution in [0.3, 0.4) is 0 Å². The fourth-order valence-electron chi connectivity index (χ4n) is 4.55. The van der Waals surface area contributed by atoms with Gasteiger partial charge in [-0.3, -0.25) is 9.59 Å². The lowest BCUT2D eigenvalue weighted by molar-refractivity contribution is -0.147. The highest BCUT2D eigenvalue weighted by atomic mass is 19.4. The van der Waals surface area contributed by atoms with Crippen molar-refractivity contribution in [3.05, 3.63) is 65.0 Å². The van der Waals surface area contributed by atoms with E-state index in [-0.39, 0.29) is 36.8 Å². The Morgan fingerprint density at radius 1 is 1.15 bits per heavy atom. The number of alkyl halides is 3. The van der Waals surface area contributed by atoms with Crippen LogP contribution in [0.4, 0.5) is 17.6 Å². The van der Waals surface area contributed by atoms with Crippen molar-refractivity contribution in [1.29, 1.82) is 0 Å². The molecule has 4 N–H and O–H groups in total. The summed E-state index contributed by atoms with van der Waals surface area (Å²) >= 11 is 0. The van der Waals surface area contributed by atoms with E-state index in [0.29, 0.717) is 37.3 Å². The Kier molecular flexibility index (Phi) is 10.1. The molecule has 218 valence electrons. The second-order valence-corrected chi connectivity index (χ2v) is 10.2. The minimum atomic E-state index is -4.63. The number of rotatable bonds is 11. The molecule has 1 saturated heterocycles. The topological polar surface area (TPSA) is 122 Å². The lowest BCUT2D eigenvalue weighted by Gasteiger charge is -2.25. The van der Waals surface area contributed by atoms with E-state index >= 15 is 0 Å². The molecule has 2 aromatic carbocycles. The predicted octanol–water partition coefficient (Wildman–Crippen LogP) is 3.90. The largest absolute Gasteiger partial charge is 0.478 e. The van der Waals surface area contributed by atoms with Crippen molar-refractivity contribution < 1.29 is 41.8 Å². The van der Waals surface area contributed by atoms with Gasteiger partial charge in [0.2, 0.25) is 11.8 Å². The van der Waals surface area contributed by atoms with Crippen molar-refractivity contribution in [2.45, 2.75) is 70.4 Å². The summed E-state index contributed by atoms with van der Waals surface area (Å²) in [6.07, 6.45) is -5.12. The quantitative estimate of drug-likeness (QED) is 0.354. The van der Waals surface area contributed by atoms with Gasteiger partial charge in [-0.05, 0) is 60.7 Å². The number of hydrogen-bond acceptors (Lipinski definition) is 5. The standard InChI is InChI=1S/C28H33F4N3O5/c1-16(2)25(27(38)39)40-21-8-5-17(6-9-21)15-34-26(37)23-4-3-11-35(23)24(36)14-20(33)13-18-12-19(28(30,31)32)7-10-22(18)29/h5-10,12,16,20,23,25H,3-4,11,13-15,33H2,1-2H3,(H,34,37)(H,38,39)/t20?,23-,25+/m0/s1. The molecule has 1 aliphatic rings. The van der Waals surface area contributed by atoms with E-state index in [4.69, 9.17) is 10.5 Å². The summed E-state index contributed by atoms with van der Waals surface area (Å²) in [7, 11) is 0. The molecule has 1 fully saturated rings. The van der Waals surface area contributed by atoms with Gasteiger partial charge in [0.05, 0.1) is 5.56 Å². The first-order valence-corrected chi connectivity index (χ1v) is 12.9. The summed E-state index contributed by atoms with van der Waals surface area (Å²) in [6.45, 7) is 3.97. The summed E-state index contributed by atoms with van der Waals surface area (Å²) in [5.41, 5.74) is 5.50. The van der Waals surface area contributed by atoms with E-state index in [1.54, 1.807) is 38.1 Å². The molecular formula is C28H33F4N3O5. The number of nitrogens with one attached hydrogen (secondary N) is 1. The van der Waals surface area contributed by atoms with Crippen LogP contribution in [0.15, 0.2) is 42.5 Å². The smallest absolute Gasteiger partial charge is 0.416 e. The van der Waals surface area contributed by atoms with Gasteiger partial charge >= 0.3 is 12.1 Å². The average Bonchev–Trinajstić information content (AvgIpc) is 3.37. The van der Waals surface area contributed by atoms with Crippen LogP contribution in [0.1, 0.15) is 49.8 Å². The maximum Gasteiger partial charge on any atom is 0.416 e. The molecule has 0 saturated carbocycles. The molecule has 1 unspecified atom stereocenters. The van der Waals surface area contributed by atoms with Gasteiger partial charge in [0.15, 0.2) is 6.10 Å². The average molecular weight is 568 g/mol. The summed E-state index contributed by atoms with van der Waals surface area (Å²) < 4.78 is 58.6. The number of nitrogens with two attached hydrogens (primary N) is 1. The predicted molar refractivity (Wildman–Crippen MR) is 138 cm³/mol. The molecule has 0 radical (unpaired) electrons. The van der Waals surface area contributed by atoms with E-state index in [1.807, 2.05) is 0 Å². The molecule has 0 aromatic heterocycles. The van der Waals surface area contributed by atoms with Crippen LogP contribution in [0, 0.1) is 11.7 Å². The zero-order chi connectivity index (χ0) is 29.6. The first-order chi connectivity index (χ1) is 18.8. The molecule has 40 heavy (non-hydrogen) atoms. The Labute approximate surface area is 229 Å². The number of carbonyl (C=O) groups is 3. The van der Waals surface area contributed by atoms with Crippen molar-refractivity contribution in [1.82, 2.24) is 10.2 Å². The molecule has 12 heteroatoms. The number of carbonyl (C=O) groups excluding carboxylic acids is 2. The van der Waals surface area contributed by atoms with E-state index in [2.05, 4.69) is 5.32 Å². The van der Waals surface area contributed by atoms with Gasteiger partial charge in [0.1, 0.15) is 17.6 Å². The molecule has 0 bridgehead atoms. The Balaban J connectivity index is 1.54. The molecule has 2 aromatic rings. The molecule has 3 rings (SSSR count). The van der Waals surface area contributed by atoms with Crippen LogP contribution in [-0.4, -0.2) is 52.5 Å². The lowest BCUT2D eigenvalue weighted by atomic mass is 10.0. The number of aliphatic carboxylic acids is 1. The van der Waals surface area contributed by atoms with E-state index in [1.165, 1.54) is 4.90 Å². The zero-order valence-electron chi connectivity index (χ0n) is 22.2. The summed E-state index contributed by atoms with van der Waals surface area (Å²) in [6, 6.07) is 7.01. The molecule has 0 aliphatic carbocycles. The SMILES string of the molecule is CC(C)[C@@H](Oc1ccc(CNC(=O)[C@@H]2CCCN2C(=O)CC(N)Cc2cc(C(F)(F)F)ccc2F)cc1)C(=O)O. The van der Waals surface area contributed by atoms with Crippen LogP contribution < -0.4 is 15.8 Å². The summed E-state index contributed by atoms with van der Waals surface area (Å²) in [5.74, 6) is -2.55. The first kappa shape index (κ1) is 30.9. The number of carboxylic acid groups (broad SMARTS) is 1. The number of halogens is 4. The Hall–Kier alpha value is -3.67. The van der Waals surface area contributed by atoms with E-state index in [0.717, 1.165) is 11.6 Å². The van der Waals surface area contributed by atoms with Gasteiger partial charge in [0, 0.05) is 31.5 Å². The summed E-state index contributed by atoms with van der Waals surface area (Å²) in [5, 5.41) is 12.1. The van der Waals surface area contributed by atoms with Crippen LogP contribution in [0.5, 0.6) is 5.75 Å². The Bertz CT molecular complexity index is 1200. The highest BCUT2D eigenvalue weighted by Gasteiger charge is 2.35. The van der Waals surface area contributed by atoms with Crippen molar-refractivity contribution >= 4 is 17.8 Å². The van der Waals surface area contributed by atoms with E-state index < -0.39 is 47.6 Å². The van der Waals surface area contributed by atoms with Gasteiger partial charge in [-0.2, -0.15) is 13.2 Å². The first-order valence-electron chi connectivity index (χ1n) is 12.9. The molecule has 2 amide bonds. The van der Waals surface area contributed by atoms with Crippen molar-refractivity contribution in [2.75, 3.05) is 6.54 Å². The lowest BCUT2D eigenvalue weighted by Crippen LogP contribution is -2.47. The van der Waals surface area contributed by atoms with Gasteiger partial charge in [-0.15, -0.1) is 0 Å². The van der Waals surface area contributed by atoms with Gasteiger partial charge in [-0.25, -0.2) is 9.18 Å². The van der Waals surface area contributed by atoms with Crippen molar-refractivity contribution in [3.63, 3.8) is 0 Å². The second-order valence-electron chi connectivity index (χ2n) is 10.2. The third-order valence-electron chi connectivity index (χ3n) is 6.67. The number of benzene rings is 2. The highest BCUT2D eigenvalue weighted by Crippen LogP contribution is 2.31. The Morgan fingerprint density at radius 2 is 1.82 bits per heavy atom. The van der Waals surface area contributed by atoms with Crippen LogP contribution in [-0.2, 0) is 33.5 Å². The number of hydrogen-bond donors (Lipinski definition) is 3. The van der Waals surface area contributed by atoms with Crippen LogP contribution >= 0.6 is 0 Å². The number of likely N-dealkylation sites (tertiary alicyclic amines) is 1. The van der Waals surface area contributed by atoms with E-state index in [9.17, 15) is 37.1 Å². The number of amides is 2. The third kappa shape index (κ3) is 8.17. The molecule has 0 spiro atoms. The van der Waals surface area contributed by atoms with Crippen molar-refractivity contribution in [2.24, 2.45) is 11.7 Å². The zero-order valence-corrected chi connectivity index (χ0v) is 22.2. The molecule has 1 aliphatic heterocycles. The number of ether oxygens (including phenoxy) is 1. The third-order valence-corrected chi connectivity index (χ3v) is 6.67. The maximum atomic E-state index is 14.1. The minimum absolute atomic E-state index is 0.165. The molecule has 3 atom stereocenters. The maximum absolute atomic E-state index is 14.1. The number of carboxylic acids is 1. The fraction of sp³-hybridized carbons (Fsp3) is 0.464. The normalized spacial score (nSPS) is 17.0. The Morgan fingerprint density at radius 3 is 2.42 bits per heavy atom. The number of nitrogens with zero attached hydrogens (tertiary/aromatic N) is 1. The fourth-order valence-corrected chi connectivity index (χ4v) is 4.55. The van der Waals surface area contributed by atoms with Gasteiger partial charge in [0.25, 0.3) is 0 Å². The van der Waals surface area contributed by atoms with Gasteiger partial charge < -0.3 is 25.8 Å². The molecule has 1 heterocycles. The second kappa shape index (κ2) is 13.1. The van der Waals surface area contributed by atoms with Crippen LogP contribution in [0.2, 0.25) is 0 Å². The molecule has 8 nitrogen and oxygen atoms in total. The molecular weight excluding hydrogens is 534 g/mol.